The Kier molecular flexibility index (Phi) is 5.96. The van der Waals surface area contributed by atoms with E-state index in [0.29, 0.717) is 22.3 Å². The molecule has 0 saturated heterocycles. The molecular weight excluding hydrogens is 400 g/mol. The molecular formula is C20H17ClN2O4S. The van der Waals surface area contributed by atoms with Crippen LogP contribution in [0.3, 0.4) is 0 Å². The third kappa shape index (κ3) is 5.31. The summed E-state index contributed by atoms with van der Waals surface area (Å²) in [5.74, 6) is -0.348. The first-order valence-corrected chi connectivity index (χ1v) is 10.3. The molecule has 1 heterocycles. The highest BCUT2D eigenvalue weighted by Crippen LogP contribution is 2.21. The summed E-state index contributed by atoms with van der Waals surface area (Å²) >= 11 is 5.75. The number of sulfone groups is 1. The van der Waals surface area contributed by atoms with Crippen LogP contribution in [-0.2, 0) is 14.6 Å². The van der Waals surface area contributed by atoms with Gasteiger partial charge in [-0.1, -0.05) is 29.3 Å². The third-order valence-corrected chi connectivity index (χ3v) is 5.64. The zero-order chi connectivity index (χ0) is 20.1. The summed E-state index contributed by atoms with van der Waals surface area (Å²) in [6.07, 6.45) is 1.40. The number of rotatable bonds is 6. The lowest BCUT2D eigenvalue weighted by Crippen LogP contribution is -2.23. The summed E-state index contributed by atoms with van der Waals surface area (Å²) in [4.78, 5) is 16.2. The van der Waals surface area contributed by atoms with Gasteiger partial charge in [0.05, 0.1) is 16.8 Å². The molecule has 1 aromatic heterocycles. The molecule has 1 amide bonds. The number of anilines is 1. The smallest absolute Gasteiger partial charge is 0.240 e. The maximum atomic E-state index is 12.3. The minimum Gasteiger partial charge on any atom is -0.439 e. The van der Waals surface area contributed by atoms with E-state index in [9.17, 15) is 13.2 Å². The minimum absolute atomic E-state index is 0.0343. The number of carbonyl (C=O) groups is 1. The van der Waals surface area contributed by atoms with Gasteiger partial charge in [-0.25, -0.2) is 13.4 Å². The Morgan fingerprint density at radius 3 is 2.32 bits per heavy atom. The molecule has 0 aliphatic heterocycles. The van der Waals surface area contributed by atoms with Crippen LogP contribution in [0.4, 0.5) is 5.69 Å². The van der Waals surface area contributed by atoms with E-state index in [1.165, 1.54) is 30.5 Å². The summed E-state index contributed by atoms with van der Waals surface area (Å²) in [5.41, 5.74) is 1.49. The molecule has 0 bridgehead atoms. The van der Waals surface area contributed by atoms with Crippen molar-refractivity contribution < 1.29 is 17.9 Å². The largest absolute Gasteiger partial charge is 0.439 e. The van der Waals surface area contributed by atoms with Crippen molar-refractivity contribution >= 4 is 33.0 Å². The molecule has 6 nitrogen and oxygen atoms in total. The van der Waals surface area contributed by atoms with E-state index in [-0.39, 0.29) is 4.90 Å². The van der Waals surface area contributed by atoms with E-state index in [1.54, 1.807) is 12.1 Å². The second-order valence-electron chi connectivity index (χ2n) is 6.06. The minimum atomic E-state index is -3.76. The number of hydrogen-bond acceptors (Lipinski definition) is 5. The van der Waals surface area contributed by atoms with Gasteiger partial charge in [-0.2, -0.15) is 0 Å². The van der Waals surface area contributed by atoms with Crippen LogP contribution < -0.4 is 10.1 Å². The Morgan fingerprint density at radius 1 is 1.04 bits per heavy atom. The molecule has 144 valence electrons. The number of ether oxygens (including phenoxy) is 1. The predicted octanol–water partition coefficient (Wildman–Crippen LogP) is 4.25. The molecule has 0 radical (unpaired) electrons. The molecule has 2 aromatic carbocycles. The lowest BCUT2D eigenvalue weighted by Gasteiger charge is -2.08. The number of aromatic nitrogens is 1. The van der Waals surface area contributed by atoms with E-state index in [0.717, 1.165) is 5.56 Å². The Hall–Kier alpha value is -2.90. The normalized spacial score (nSPS) is 11.1. The van der Waals surface area contributed by atoms with Gasteiger partial charge in [-0.15, -0.1) is 0 Å². The average Bonchev–Trinajstić information content (AvgIpc) is 2.65. The molecule has 0 atom stereocenters. The van der Waals surface area contributed by atoms with Crippen LogP contribution in [0.15, 0.2) is 71.8 Å². The maximum Gasteiger partial charge on any atom is 0.240 e. The Balaban J connectivity index is 1.61. The van der Waals surface area contributed by atoms with E-state index in [2.05, 4.69) is 10.3 Å². The van der Waals surface area contributed by atoms with E-state index >= 15 is 0 Å². The second kappa shape index (κ2) is 8.41. The number of hydrogen-bond donors (Lipinski definition) is 1. The number of aryl methyl sites for hydroxylation is 1. The van der Waals surface area contributed by atoms with Crippen LogP contribution in [0.25, 0.3) is 0 Å². The molecule has 1 N–H and O–H groups in total. The molecule has 0 fully saturated rings. The number of nitrogens with zero attached hydrogens (tertiary/aromatic N) is 1. The number of halogens is 1. The van der Waals surface area contributed by atoms with Crippen LogP contribution >= 0.6 is 11.6 Å². The first kappa shape index (κ1) is 19.9. The van der Waals surface area contributed by atoms with Gasteiger partial charge < -0.3 is 10.1 Å². The first-order valence-electron chi connectivity index (χ1n) is 8.30. The standard InChI is InChI=1S/C20H17ClN2O4S/c1-14-2-7-17(8-3-14)27-20-11-6-16(12-22-20)23-19(24)13-28(25,26)18-9-4-15(21)5-10-18/h2-12H,13H2,1H3,(H,23,24). The predicted molar refractivity (Wildman–Crippen MR) is 108 cm³/mol. The van der Waals surface area contributed by atoms with Crippen LogP contribution in [0.1, 0.15) is 5.56 Å². The molecule has 0 saturated carbocycles. The first-order chi connectivity index (χ1) is 13.3. The number of amides is 1. The second-order valence-corrected chi connectivity index (χ2v) is 8.49. The Bertz CT molecular complexity index is 1060. The summed E-state index contributed by atoms with van der Waals surface area (Å²) in [5, 5.41) is 2.93. The summed E-state index contributed by atoms with van der Waals surface area (Å²) < 4.78 is 30.2. The van der Waals surface area contributed by atoms with Gasteiger partial charge in [-0.3, -0.25) is 4.79 Å². The fourth-order valence-electron chi connectivity index (χ4n) is 2.34. The molecule has 3 rings (SSSR count). The molecule has 8 heteroatoms. The van der Waals surface area contributed by atoms with Crippen molar-refractivity contribution in [3.8, 4) is 11.6 Å². The van der Waals surface area contributed by atoms with Crippen LogP contribution in [0.5, 0.6) is 11.6 Å². The van der Waals surface area contributed by atoms with E-state index in [1.807, 2.05) is 31.2 Å². The number of nitrogens with one attached hydrogen (secondary N) is 1. The highest BCUT2D eigenvalue weighted by atomic mass is 35.5. The van der Waals surface area contributed by atoms with Gasteiger partial charge in [0, 0.05) is 11.1 Å². The quantitative estimate of drug-likeness (QED) is 0.649. The van der Waals surface area contributed by atoms with Gasteiger partial charge >= 0.3 is 0 Å². The SMILES string of the molecule is Cc1ccc(Oc2ccc(NC(=O)CS(=O)(=O)c3ccc(Cl)cc3)cn2)cc1. The van der Waals surface area contributed by atoms with E-state index < -0.39 is 21.5 Å². The molecule has 0 unspecified atom stereocenters. The highest BCUT2D eigenvalue weighted by molar-refractivity contribution is 7.92. The summed E-state index contributed by atoms with van der Waals surface area (Å²) in [7, 11) is -3.76. The summed E-state index contributed by atoms with van der Waals surface area (Å²) in [6, 6.07) is 16.3. The van der Waals surface area contributed by atoms with Crippen molar-refractivity contribution in [1.82, 2.24) is 4.98 Å². The lowest BCUT2D eigenvalue weighted by molar-refractivity contribution is -0.113. The molecule has 0 spiro atoms. The number of pyridine rings is 1. The Labute approximate surface area is 168 Å². The molecule has 0 aliphatic carbocycles. The monoisotopic (exact) mass is 416 g/mol. The number of carbonyl (C=O) groups excluding carboxylic acids is 1. The van der Waals surface area contributed by atoms with Gasteiger partial charge in [0.25, 0.3) is 0 Å². The van der Waals surface area contributed by atoms with Crippen molar-refractivity contribution in [1.29, 1.82) is 0 Å². The van der Waals surface area contributed by atoms with Crippen LogP contribution in [-0.4, -0.2) is 25.1 Å². The lowest BCUT2D eigenvalue weighted by atomic mass is 10.2. The fraction of sp³-hybridized carbons (Fsp3) is 0.100. The zero-order valence-corrected chi connectivity index (χ0v) is 16.5. The summed E-state index contributed by atoms with van der Waals surface area (Å²) in [6.45, 7) is 1.98. The maximum absolute atomic E-state index is 12.3. The van der Waals surface area contributed by atoms with Crippen LogP contribution in [0, 0.1) is 6.92 Å². The van der Waals surface area contributed by atoms with Crippen molar-refractivity contribution in [3.63, 3.8) is 0 Å². The zero-order valence-electron chi connectivity index (χ0n) is 14.9. The average molecular weight is 417 g/mol. The van der Waals surface area contributed by atoms with Gasteiger partial charge in [0.15, 0.2) is 9.84 Å². The Morgan fingerprint density at radius 2 is 1.71 bits per heavy atom. The highest BCUT2D eigenvalue weighted by Gasteiger charge is 2.19. The molecule has 3 aromatic rings. The van der Waals surface area contributed by atoms with Gasteiger partial charge in [-0.05, 0) is 49.4 Å². The van der Waals surface area contributed by atoms with Crippen molar-refractivity contribution in [3.05, 3.63) is 77.4 Å². The van der Waals surface area contributed by atoms with E-state index in [4.69, 9.17) is 16.3 Å². The number of benzene rings is 2. The van der Waals surface area contributed by atoms with Gasteiger partial charge in [0.1, 0.15) is 11.5 Å². The third-order valence-electron chi connectivity index (χ3n) is 3.76. The molecule has 0 aliphatic rings. The van der Waals surface area contributed by atoms with Gasteiger partial charge in [0.2, 0.25) is 11.8 Å². The topological polar surface area (TPSA) is 85.4 Å². The fourth-order valence-corrected chi connectivity index (χ4v) is 3.60. The van der Waals surface area contributed by atoms with Crippen LogP contribution in [0.2, 0.25) is 5.02 Å². The van der Waals surface area contributed by atoms with Crippen molar-refractivity contribution in [2.75, 3.05) is 11.1 Å². The van der Waals surface area contributed by atoms with Crippen molar-refractivity contribution in [2.45, 2.75) is 11.8 Å². The molecule has 28 heavy (non-hydrogen) atoms. The van der Waals surface area contributed by atoms with Crippen molar-refractivity contribution in [2.24, 2.45) is 0 Å².